The van der Waals surface area contributed by atoms with Crippen LogP contribution in [-0.4, -0.2) is 89.4 Å². The van der Waals surface area contributed by atoms with E-state index in [1.54, 1.807) is 0 Å². The van der Waals surface area contributed by atoms with E-state index in [4.69, 9.17) is 14.6 Å². The number of carbonyl (C=O) groups is 2. The molecule has 23 heavy (non-hydrogen) atoms. The lowest BCUT2D eigenvalue weighted by molar-refractivity contribution is -0.305. The van der Waals surface area contributed by atoms with Crippen LogP contribution in [-0.2, 0) is 23.8 Å². The molecule has 6 atom stereocenters. The van der Waals surface area contributed by atoms with Crippen LogP contribution >= 0.6 is 0 Å². The zero-order valence-corrected chi connectivity index (χ0v) is 13.1. The molecule has 0 bridgehead atoms. The zero-order valence-electron chi connectivity index (χ0n) is 13.1. The molecule has 0 aromatic carbocycles. The van der Waals surface area contributed by atoms with E-state index in [9.17, 15) is 24.9 Å². The Kier molecular flexibility index (Phi) is 6.86. The first-order valence-corrected chi connectivity index (χ1v) is 6.96. The van der Waals surface area contributed by atoms with Gasteiger partial charge in [0.05, 0.1) is 25.9 Å². The minimum absolute atomic E-state index is 0.362. The molecule has 10 heteroatoms. The van der Waals surface area contributed by atoms with Crippen LogP contribution in [0.25, 0.3) is 0 Å². The number of hydrogen-bond donors (Lipinski definition) is 5. The van der Waals surface area contributed by atoms with Crippen LogP contribution in [0, 0.1) is 0 Å². The van der Waals surface area contributed by atoms with Crippen molar-refractivity contribution in [1.29, 1.82) is 0 Å². The predicted octanol–water partition coefficient (Wildman–Crippen LogP) is -3.13. The SMILES string of the molecule is COC(=O)C1(OC)C[C@H](O)[C@@H](NC(C)=O)C([C@H](O)[C@H](O)CO)O1. The van der Waals surface area contributed by atoms with Crippen molar-refractivity contribution in [3.05, 3.63) is 0 Å². The number of ether oxygens (including phenoxy) is 3. The molecule has 1 amide bonds. The molecule has 5 N–H and O–H groups in total. The molecule has 0 aromatic heterocycles. The van der Waals surface area contributed by atoms with Crippen LogP contribution in [0.3, 0.4) is 0 Å². The normalized spacial score (nSPS) is 33.6. The van der Waals surface area contributed by atoms with E-state index in [1.165, 1.54) is 6.92 Å². The minimum Gasteiger partial charge on any atom is -0.465 e. The molecule has 0 spiro atoms. The second kappa shape index (κ2) is 7.99. The quantitative estimate of drug-likeness (QED) is 0.316. The van der Waals surface area contributed by atoms with Gasteiger partial charge < -0.3 is 40.0 Å². The van der Waals surface area contributed by atoms with Crippen molar-refractivity contribution >= 4 is 11.9 Å². The summed E-state index contributed by atoms with van der Waals surface area (Å²) in [6.07, 6.45) is -6.44. The Hall–Kier alpha value is -1.30. The maximum Gasteiger partial charge on any atom is 0.366 e. The first kappa shape index (κ1) is 19.7. The molecule has 1 rings (SSSR count). The van der Waals surface area contributed by atoms with Crippen molar-refractivity contribution in [2.75, 3.05) is 20.8 Å². The van der Waals surface area contributed by atoms with Crippen LogP contribution in [0.2, 0.25) is 0 Å². The summed E-state index contributed by atoms with van der Waals surface area (Å²) in [5.41, 5.74) is 0. The van der Waals surface area contributed by atoms with Crippen molar-refractivity contribution in [2.45, 2.75) is 49.6 Å². The molecule has 0 aliphatic carbocycles. The Morgan fingerprint density at radius 3 is 2.43 bits per heavy atom. The third-order valence-corrected chi connectivity index (χ3v) is 3.69. The van der Waals surface area contributed by atoms with Crippen LogP contribution in [0.4, 0.5) is 0 Å². The van der Waals surface area contributed by atoms with E-state index in [0.717, 1.165) is 14.2 Å². The summed E-state index contributed by atoms with van der Waals surface area (Å²) >= 11 is 0. The first-order valence-electron chi connectivity index (χ1n) is 6.96. The van der Waals surface area contributed by atoms with Gasteiger partial charge >= 0.3 is 5.97 Å². The highest BCUT2D eigenvalue weighted by Crippen LogP contribution is 2.33. The summed E-state index contributed by atoms with van der Waals surface area (Å²) in [6, 6.07) is -1.13. The fraction of sp³-hybridized carbons (Fsp3) is 0.846. The Morgan fingerprint density at radius 1 is 1.39 bits per heavy atom. The van der Waals surface area contributed by atoms with Gasteiger partial charge in [-0.3, -0.25) is 4.79 Å². The number of rotatable bonds is 6. The highest BCUT2D eigenvalue weighted by atomic mass is 16.7. The van der Waals surface area contributed by atoms with Gasteiger partial charge in [-0.25, -0.2) is 4.79 Å². The van der Waals surface area contributed by atoms with Crippen molar-refractivity contribution in [1.82, 2.24) is 5.32 Å². The number of nitrogens with one attached hydrogen (secondary N) is 1. The molecule has 134 valence electrons. The number of methoxy groups -OCH3 is 2. The maximum absolute atomic E-state index is 11.9. The van der Waals surface area contributed by atoms with E-state index >= 15 is 0 Å². The Balaban J connectivity index is 3.17. The summed E-state index contributed by atoms with van der Waals surface area (Å²) in [7, 11) is 2.24. The number of aliphatic hydroxyl groups excluding tert-OH is 4. The van der Waals surface area contributed by atoms with E-state index in [1.807, 2.05) is 0 Å². The summed E-state index contributed by atoms with van der Waals surface area (Å²) in [6.45, 7) is 0.402. The first-order chi connectivity index (χ1) is 10.7. The highest BCUT2D eigenvalue weighted by molar-refractivity contribution is 5.78. The van der Waals surface area contributed by atoms with Crippen molar-refractivity contribution in [3.8, 4) is 0 Å². The molecule has 10 nitrogen and oxygen atoms in total. The fourth-order valence-electron chi connectivity index (χ4n) is 2.49. The molecule has 0 aromatic rings. The van der Waals surface area contributed by atoms with Crippen molar-refractivity contribution < 1.29 is 44.2 Å². The van der Waals surface area contributed by atoms with Gasteiger partial charge in [-0.15, -0.1) is 0 Å². The minimum atomic E-state index is -2.01. The number of aliphatic hydroxyl groups is 4. The summed E-state index contributed by atoms with van der Waals surface area (Å²) < 4.78 is 15.1. The smallest absolute Gasteiger partial charge is 0.366 e. The highest BCUT2D eigenvalue weighted by Gasteiger charge is 2.55. The monoisotopic (exact) mass is 337 g/mol. The number of carbonyl (C=O) groups excluding carboxylic acids is 2. The third-order valence-electron chi connectivity index (χ3n) is 3.69. The maximum atomic E-state index is 11.9. The number of hydrogen-bond acceptors (Lipinski definition) is 9. The molecule has 0 radical (unpaired) electrons. The van der Waals surface area contributed by atoms with Gasteiger partial charge in [-0.2, -0.15) is 0 Å². The molecule has 1 aliphatic rings. The van der Waals surface area contributed by atoms with Crippen molar-refractivity contribution in [2.24, 2.45) is 0 Å². The molecule has 1 saturated heterocycles. The number of esters is 1. The Labute approximate surface area is 133 Å². The van der Waals surface area contributed by atoms with Gasteiger partial charge in [0.25, 0.3) is 5.79 Å². The molecule has 1 aliphatic heterocycles. The van der Waals surface area contributed by atoms with Gasteiger partial charge in [-0.1, -0.05) is 0 Å². The molecular formula is C13H23NO9. The summed E-state index contributed by atoms with van der Waals surface area (Å²) in [5.74, 6) is -3.48. The predicted molar refractivity (Wildman–Crippen MR) is 74.0 cm³/mol. The standard InChI is InChI=1S/C13H23NO9/c1-6(16)14-9-7(17)4-13(22-3,12(20)21-2)23-11(9)10(19)8(18)5-15/h7-11,15,17-19H,4-5H2,1-3H3,(H,14,16)/t7-,8+,9+,10+,11?,13?/m0/s1. The van der Waals surface area contributed by atoms with E-state index < -0.39 is 54.7 Å². The number of amides is 1. The molecule has 2 unspecified atom stereocenters. The Morgan fingerprint density at radius 2 is 2.00 bits per heavy atom. The summed E-state index contributed by atoms with van der Waals surface area (Å²) in [5, 5.41) is 41.4. The van der Waals surface area contributed by atoms with Gasteiger partial charge in [0.2, 0.25) is 5.91 Å². The van der Waals surface area contributed by atoms with Crippen LogP contribution < -0.4 is 5.32 Å². The summed E-state index contributed by atoms with van der Waals surface area (Å²) in [4.78, 5) is 23.2. The van der Waals surface area contributed by atoms with Gasteiger partial charge in [0.15, 0.2) is 0 Å². The average Bonchev–Trinajstić information content (AvgIpc) is 2.53. The van der Waals surface area contributed by atoms with E-state index in [2.05, 4.69) is 10.1 Å². The zero-order chi connectivity index (χ0) is 17.8. The molecular weight excluding hydrogens is 314 g/mol. The Bertz CT molecular complexity index is 432. The van der Waals surface area contributed by atoms with E-state index in [-0.39, 0.29) is 6.42 Å². The van der Waals surface area contributed by atoms with Gasteiger partial charge in [-0.05, 0) is 0 Å². The largest absolute Gasteiger partial charge is 0.465 e. The fourth-order valence-corrected chi connectivity index (χ4v) is 2.49. The second-order valence-electron chi connectivity index (χ2n) is 5.27. The lowest BCUT2D eigenvalue weighted by atomic mass is 9.88. The van der Waals surface area contributed by atoms with Gasteiger partial charge in [0.1, 0.15) is 18.3 Å². The van der Waals surface area contributed by atoms with Crippen LogP contribution in [0.1, 0.15) is 13.3 Å². The third kappa shape index (κ3) is 4.16. The second-order valence-corrected chi connectivity index (χ2v) is 5.27. The van der Waals surface area contributed by atoms with Crippen LogP contribution in [0.5, 0.6) is 0 Å². The lowest BCUT2D eigenvalue weighted by Crippen LogP contribution is -2.67. The molecule has 0 saturated carbocycles. The average molecular weight is 337 g/mol. The lowest BCUT2D eigenvalue weighted by Gasteiger charge is -2.46. The van der Waals surface area contributed by atoms with E-state index in [0.29, 0.717) is 0 Å². The van der Waals surface area contributed by atoms with Gasteiger partial charge in [0, 0.05) is 20.5 Å². The molecule has 1 heterocycles. The van der Waals surface area contributed by atoms with Crippen LogP contribution in [0.15, 0.2) is 0 Å². The topological polar surface area (TPSA) is 155 Å². The molecule has 1 fully saturated rings. The van der Waals surface area contributed by atoms with Crippen molar-refractivity contribution in [3.63, 3.8) is 0 Å².